The third-order valence-electron chi connectivity index (χ3n) is 3.13. The van der Waals surface area contributed by atoms with Crippen LogP contribution in [0.15, 0.2) is 52.0 Å². The standard InChI is InChI=1S/C17H20N2O2S.ClH/c1-4-20-15-11-17(16(21-5-2)10-14(15)19-18)22-13-8-6-12(3)7-9-13;/h6-11,15H,4-5H2,1-3H3;1H/p-1. The van der Waals surface area contributed by atoms with Crippen molar-refractivity contribution in [1.29, 1.82) is 0 Å². The van der Waals surface area contributed by atoms with Gasteiger partial charge in [-0.15, -0.1) is 0 Å². The van der Waals surface area contributed by atoms with E-state index in [0.717, 1.165) is 9.80 Å². The Labute approximate surface area is 147 Å². The van der Waals surface area contributed by atoms with Crippen LogP contribution in [0, 0.1) is 6.92 Å². The van der Waals surface area contributed by atoms with Gasteiger partial charge in [-0.3, -0.25) is 0 Å². The molecule has 6 heteroatoms. The van der Waals surface area contributed by atoms with Gasteiger partial charge in [0, 0.05) is 11.5 Å². The van der Waals surface area contributed by atoms with Gasteiger partial charge in [0.15, 0.2) is 6.10 Å². The number of hydrogen-bond donors (Lipinski definition) is 0. The highest BCUT2D eigenvalue weighted by Crippen LogP contribution is 2.35. The zero-order valence-electron chi connectivity index (χ0n) is 13.5. The molecule has 0 aliphatic heterocycles. The monoisotopic (exact) mass is 351 g/mol. The number of nitrogens with zero attached hydrogens (tertiary/aromatic N) is 2. The summed E-state index contributed by atoms with van der Waals surface area (Å²) in [4.78, 5) is 5.41. The summed E-state index contributed by atoms with van der Waals surface area (Å²) in [6, 6.07) is 8.32. The van der Waals surface area contributed by atoms with Crippen molar-refractivity contribution in [3.8, 4) is 0 Å². The predicted molar refractivity (Wildman–Crippen MR) is 88.9 cm³/mol. The molecule has 0 amide bonds. The fourth-order valence-corrected chi connectivity index (χ4v) is 3.01. The number of aryl methyl sites for hydroxylation is 1. The summed E-state index contributed by atoms with van der Waals surface area (Å²) in [5.41, 5.74) is 10.8. The van der Waals surface area contributed by atoms with Crippen molar-refractivity contribution in [1.82, 2.24) is 0 Å². The van der Waals surface area contributed by atoms with E-state index in [0.29, 0.717) is 24.7 Å². The van der Waals surface area contributed by atoms with Crippen LogP contribution in [0.5, 0.6) is 0 Å². The van der Waals surface area contributed by atoms with Gasteiger partial charge in [0.1, 0.15) is 5.76 Å². The highest BCUT2D eigenvalue weighted by Gasteiger charge is 2.28. The molecule has 1 aliphatic carbocycles. The minimum absolute atomic E-state index is 0. The van der Waals surface area contributed by atoms with Gasteiger partial charge >= 0.3 is 5.71 Å². The highest BCUT2D eigenvalue weighted by atomic mass is 35.5. The van der Waals surface area contributed by atoms with Crippen LogP contribution in [0.1, 0.15) is 19.4 Å². The van der Waals surface area contributed by atoms with Crippen LogP contribution in [0.25, 0.3) is 5.53 Å². The Kier molecular flexibility index (Phi) is 8.13. The van der Waals surface area contributed by atoms with E-state index in [1.54, 1.807) is 17.8 Å². The van der Waals surface area contributed by atoms with Gasteiger partial charge < -0.3 is 27.4 Å². The average Bonchev–Trinajstić information content (AvgIpc) is 2.52. The second-order valence-electron chi connectivity index (χ2n) is 4.79. The third-order valence-corrected chi connectivity index (χ3v) is 4.19. The number of thioether (sulfide) groups is 1. The quantitative estimate of drug-likeness (QED) is 0.567. The molecule has 0 aromatic heterocycles. The number of halogens is 1. The lowest BCUT2D eigenvalue weighted by molar-refractivity contribution is -0.0221. The number of benzene rings is 1. The Morgan fingerprint density at radius 1 is 1.17 bits per heavy atom. The first-order chi connectivity index (χ1) is 10.7. The molecular weight excluding hydrogens is 332 g/mol. The van der Waals surface area contributed by atoms with Gasteiger partial charge in [-0.05, 0) is 39.0 Å². The molecule has 124 valence electrons. The van der Waals surface area contributed by atoms with Gasteiger partial charge in [-0.1, -0.05) is 29.5 Å². The first kappa shape index (κ1) is 19.5. The molecule has 1 aromatic carbocycles. The summed E-state index contributed by atoms with van der Waals surface area (Å²) >= 11 is 1.61. The molecule has 0 bridgehead atoms. The smallest absolute Gasteiger partial charge is 0.328 e. The molecule has 0 spiro atoms. The molecule has 2 rings (SSSR count). The summed E-state index contributed by atoms with van der Waals surface area (Å²) in [5.74, 6) is 0.705. The van der Waals surface area contributed by atoms with Crippen LogP contribution >= 0.6 is 11.8 Å². The van der Waals surface area contributed by atoms with Crippen LogP contribution in [0.2, 0.25) is 0 Å². The van der Waals surface area contributed by atoms with Crippen LogP contribution in [0.4, 0.5) is 0 Å². The fraction of sp³-hybridized carbons (Fsp3) is 0.353. The Balaban J connectivity index is 0.00000264. The normalized spacial score (nSPS) is 16.8. The molecule has 1 aromatic rings. The van der Waals surface area contributed by atoms with Crippen molar-refractivity contribution in [2.45, 2.75) is 31.8 Å². The molecule has 1 aliphatic rings. The molecule has 23 heavy (non-hydrogen) atoms. The maximum Gasteiger partial charge on any atom is 0.328 e. The van der Waals surface area contributed by atoms with E-state index >= 15 is 0 Å². The van der Waals surface area contributed by atoms with Crippen LogP contribution in [0.3, 0.4) is 0 Å². The molecule has 1 atom stereocenters. The highest BCUT2D eigenvalue weighted by molar-refractivity contribution is 8.03. The molecule has 1 unspecified atom stereocenters. The lowest BCUT2D eigenvalue weighted by Crippen LogP contribution is -3.00. The van der Waals surface area contributed by atoms with E-state index in [2.05, 4.69) is 36.0 Å². The van der Waals surface area contributed by atoms with Gasteiger partial charge in [0.25, 0.3) is 0 Å². The van der Waals surface area contributed by atoms with Crippen molar-refractivity contribution in [3.63, 3.8) is 0 Å². The van der Waals surface area contributed by atoms with E-state index in [-0.39, 0.29) is 18.5 Å². The molecule has 0 radical (unpaired) electrons. The first-order valence-electron chi connectivity index (χ1n) is 7.32. The van der Waals surface area contributed by atoms with Crippen molar-refractivity contribution in [3.05, 3.63) is 58.2 Å². The van der Waals surface area contributed by atoms with Gasteiger partial charge in [-0.25, -0.2) is 0 Å². The lowest BCUT2D eigenvalue weighted by atomic mass is 10.1. The molecule has 4 nitrogen and oxygen atoms in total. The maximum atomic E-state index is 9.15. The third kappa shape index (κ3) is 5.26. The van der Waals surface area contributed by atoms with Gasteiger partial charge in [0.05, 0.1) is 17.6 Å². The van der Waals surface area contributed by atoms with Crippen molar-refractivity contribution < 1.29 is 26.7 Å². The lowest BCUT2D eigenvalue weighted by Gasteiger charge is -2.19. The van der Waals surface area contributed by atoms with Crippen LogP contribution in [-0.2, 0) is 9.47 Å². The summed E-state index contributed by atoms with van der Waals surface area (Å²) in [6.45, 7) is 7.00. The molecular formula is C17H20ClN2O2S-. The SMILES string of the molecule is CCOC1=CC(=[N+]=[N-])C(OCC)C=C1Sc1ccc(C)cc1.[Cl-]. The van der Waals surface area contributed by atoms with E-state index in [4.69, 9.17) is 15.0 Å². The van der Waals surface area contributed by atoms with E-state index in [1.807, 2.05) is 19.9 Å². The van der Waals surface area contributed by atoms with Crippen LogP contribution in [-0.4, -0.2) is 29.8 Å². The number of ether oxygens (including phenoxy) is 2. The Morgan fingerprint density at radius 3 is 2.43 bits per heavy atom. The molecule has 0 saturated carbocycles. The van der Waals surface area contributed by atoms with Crippen molar-refractivity contribution in [2.24, 2.45) is 0 Å². The van der Waals surface area contributed by atoms with Crippen LogP contribution < -0.4 is 12.4 Å². The first-order valence-corrected chi connectivity index (χ1v) is 8.14. The number of rotatable bonds is 6. The number of hydrogen-bond acceptors (Lipinski definition) is 3. The summed E-state index contributed by atoms with van der Waals surface area (Å²) in [7, 11) is 0. The molecule has 0 fully saturated rings. The Bertz CT molecular complexity index is 634. The van der Waals surface area contributed by atoms with Crippen molar-refractivity contribution >= 4 is 17.5 Å². The van der Waals surface area contributed by atoms with E-state index in [9.17, 15) is 0 Å². The summed E-state index contributed by atoms with van der Waals surface area (Å²) in [6.07, 6.45) is 3.32. The second kappa shape index (κ2) is 9.58. The van der Waals surface area contributed by atoms with E-state index < -0.39 is 0 Å². The minimum atomic E-state index is -0.354. The Morgan fingerprint density at radius 2 is 1.87 bits per heavy atom. The second-order valence-corrected chi connectivity index (χ2v) is 5.90. The topological polar surface area (TPSA) is 54.9 Å². The summed E-state index contributed by atoms with van der Waals surface area (Å²) < 4.78 is 11.3. The molecule has 0 heterocycles. The Hall–Kier alpha value is -1.52. The molecule has 0 saturated heterocycles. The predicted octanol–water partition coefficient (Wildman–Crippen LogP) is 0.985. The average molecular weight is 352 g/mol. The minimum Gasteiger partial charge on any atom is -1.00 e. The fourth-order valence-electron chi connectivity index (χ4n) is 2.08. The van der Waals surface area contributed by atoms with Gasteiger partial charge in [-0.2, -0.15) is 4.79 Å². The zero-order valence-corrected chi connectivity index (χ0v) is 15.0. The van der Waals surface area contributed by atoms with E-state index in [1.165, 1.54) is 5.56 Å². The van der Waals surface area contributed by atoms with Crippen molar-refractivity contribution in [2.75, 3.05) is 13.2 Å². The summed E-state index contributed by atoms with van der Waals surface area (Å²) in [5, 5.41) is 0. The molecule has 0 N–H and O–H groups in total. The largest absolute Gasteiger partial charge is 1.00 e. The maximum absolute atomic E-state index is 9.15. The zero-order chi connectivity index (χ0) is 15.9. The van der Waals surface area contributed by atoms with Gasteiger partial charge in [0.2, 0.25) is 0 Å².